The molecule has 0 spiro atoms. The number of benzene rings is 3. The van der Waals surface area contributed by atoms with E-state index in [1.165, 1.54) is 22.6 Å². The van der Waals surface area contributed by atoms with Crippen LogP contribution in [0.15, 0.2) is 76.6 Å². The molecule has 3 aromatic carbocycles. The normalized spacial score (nSPS) is 12.8. The van der Waals surface area contributed by atoms with Crippen LogP contribution in [0.25, 0.3) is 10.8 Å². The highest BCUT2D eigenvalue weighted by atomic mass is 127. The van der Waals surface area contributed by atoms with E-state index in [0.29, 0.717) is 11.4 Å². The molecule has 0 fully saturated rings. The lowest BCUT2D eigenvalue weighted by atomic mass is 10.00. The molecule has 2 N–H and O–H groups in total. The van der Waals surface area contributed by atoms with Gasteiger partial charge in [-0.15, -0.1) is 24.0 Å². The predicted molar refractivity (Wildman–Crippen MR) is 136 cm³/mol. The molecule has 1 unspecified atom stereocenters. The van der Waals surface area contributed by atoms with Crippen LogP contribution in [-0.2, 0) is 16.3 Å². The van der Waals surface area contributed by atoms with Gasteiger partial charge in [-0.1, -0.05) is 54.6 Å². The number of halogens is 1. The van der Waals surface area contributed by atoms with Crippen LogP contribution >= 0.6 is 24.0 Å². The van der Waals surface area contributed by atoms with Gasteiger partial charge >= 0.3 is 0 Å². The van der Waals surface area contributed by atoms with E-state index >= 15 is 0 Å². The standard InChI is InChI=1S/C23H27N3O2S.HI/c1-17(21-10-6-8-19-7-4-5-9-22(19)21)26-23(24-2)25-16-15-18-11-13-20(14-12-18)29(3,27)28;/h4-14,17H,15-16H2,1-3H3,(H2,24,25,26);1H. The van der Waals surface area contributed by atoms with E-state index < -0.39 is 9.84 Å². The number of fused-ring (bicyclic) bond motifs is 1. The monoisotopic (exact) mass is 537 g/mol. The SMILES string of the molecule is CN=C(NCCc1ccc(S(C)(=O)=O)cc1)NC(C)c1cccc2ccccc12.I. The third-order valence-corrected chi connectivity index (χ3v) is 6.05. The van der Waals surface area contributed by atoms with Gasteiger partial charge in [0.2, 0.25) is 0 Å². The third-order valence-electron chi connectivity index (χ3n) is 4.92. The van der Waals surface area contributed by atoms with Crippen molar-refractivity contribution < 1.29 is 8.42 Å². The first-order valence-corrected chi connectivity index (χ1v) is 11.5. The molecular formula is C23H28IN3O2S. The molecule has 0 aliphatic rings. The van der Waals surface area contributed by atoms with E-state index in [9.17, 15) is 8.42 Å². The zero-order valence-corrected chi connectivity index (χ0v) is 20.6. The minimum absolute atomic E-state index is 0. The van der Waals surface area contributed by atoms with Crippen molar-refractivity contribution in [2.45, 2.75) is 24.3 Å². The maximum absolute atomic E-state index is 11.6. The summed E-state index contributed by atoms with van der Waals surface area (Å²) in [6.45, 7) is 2.82. The van der Waals surface area contributed by atoms with Crippen molar-refractivity contribution in [1.29, 1.82) is 0 Å². The van der Waals surface area contributed by atoms with Gasteiger partial charge in [0.05, 0.1) is 10.9 Å². The van der Waals surface area contributed by atoms with E-state index in [-0.39, 0.29) is 30.0 Å². The summed E-state index contributed by atoms with van der Waals surface area (Å²) in [5.74, 6) is 0.734. The zero-order chi connectivity index (χ0) is 20.9. The molecule has 0 aromatic heterocycles. The summed E-state index contributed by atoms with van der Waals surface area (Å²) >= 11 is 0. The van der Waals surface area contributed by atoms with Gasteiger partial charge in [0.15, 0.2) is 15.8 Å². The second-order valence-corrected chi connectivity index (χ2v) is 9.12. The van der Waals surface area contributed by atoms with Gasteiger partial charge in [0, 0.05) is 19.8 Å². The maximum Gasteiger partial charge on any atom is 0.191 e. The highest BCUT2D eigenvalue weighted by molar-refractivity contribution is 14.0. The van der Waals surface area contributed by atoms with Crippen molar-refractivity contribution in [3.8, 4) is 0 Å². The summed E-state index contributed by atoms with van der Waals surface area (Å²) in [5.41, 5.74) is 2.30. The molecule has 1 atom stereocenters. The number of hydrogen-bond acceptors (Lipinski definition) is 3. The third kappa shape index (κ3) is 6.18. The number of sulfone groups is 1. The fourth-order valence-corrected chi connectivity index (χ4v) is 3.96. The molecule has 0 aliphatic carbocycles. The van der Waals surface area contributed by atoms with Crippen LogP contribution in [0.2, 0.25) is 0 Å². The Bertz CT molecular complexity index is 1110. The van der Waals surface area contributed by atoms with Gasteiger partial charge in [-0.25, -0.2) is 8.42 Å². The topological polar surface area (TPSA) is 70.6 Å². The molecule has 30 heavy (non-hydrogen) atoms. The van der Waals surface area contributed by atoms with Gasteiger partial charge < -0.3 is 10.6 Å². The molecular weight excluding hydrogens is 509 g/mol. The van der Waals surface area contributed by atoms with E-state index in [2.05, 4.69) is 58.9 Å². The molecule has 3 aromatic rings. The number of nitrogens with zero attached hydrogens (tertiary/aromatic N) is 1. The number of hydrogen-bond donors (Lipinski definition) is 2. The molecule has 0 heterocycles. The quantitative estimate of drug-likeness (QED) is 0.279. The Hall–Kier alpha value is -2.13. The van der Waals surface area contributed by atoms with Gasteiger partial charge in [0.25, 0.3) is 0 Å². The number of nitrogens with one attached hydrogen (secondary N) is 2. The highest BCUT2D eigenvalue weighted by Crippen LogP contribution is 2.23. The van der Waals surface area contributed by atoms with Crippen LogP contribution < -0.4 is 10.6 Å². The Morgan fingerprint density at radius 1 is 1.00 bits per heavy atom. The summed E-state index contributed by atoms with van der Waals surface area (Å²) in [6, 6.07) is 21.8. The van der Waals surface area contributed by atoms with Crippen molar-refractivity contribution >= 4 is 50.5 Å². The molecule has 0 aliphatic heterocycles. The van der Waals surface area contributed by atoms with Gasteiger partial charge in [-0.3, -0.25) is 4.99 Å². The Kier molecular flexibility index (Phi) is 8.66. The fourth-order valence-electron chi connectivity index (χ4n) is 3.33. The molecule has 0 radical (unpaired) electrons. The first-order chi connectivity index (χ1) is 13.9. The zero-order valence-electron chi connectivity index (χ0n) is 17.4. The molecule has 7 heteroatoms. The fraction of sp³-hybridized carbons (Fsp3) is 0.261. The lowest BCUT2D eigenvalue weighted by molar-refractivity contribution is 0.602. The van der Waals surface area contributed by atoms with Crippen molar-refractivity contribution in [1.82, 2.24) is 10.6 Å². The van der Waals surface area contributed by atoms with E-state index in [1.54, 1.807) is 19.2 Å². The Morgan fingerprint density at radius 3 is 2.33 bits per heavy atom. The minimum atomic E-state index is -3.16. The second-order valence-electron chi connectivity index (χ2n) is 7.10. The van der Waals surface area contributed by atoms with Crippen LogP contribution in [0.5, 0.6) is 0 Å². The molecule has 0 amide bonds. The number of guanidine groups is 1. The van der Waals surface area contributed by atoms with Crippen LogP contribution in [0.3, 0.4) is 0 Å². The van der Waals surface area contributed by atoms with Crippen LogP contribution in [0.4, 0.5) is 0 Å². The summed E-state index contributed by atoms with van der Waals surface area (Å²) in [4.78, 5) is 4.67. The van der Waals surface area contributed by atoms with Crippen molar-refractivity contribution in [3.63, 3.8) is 0 Å². The lowest BCUT2D eigenvalue weighted by Crippen LogP contribution is -2.39. The van der Waals surface area contributed by atoms with Gasteiger partial charge in [0.1, 0.15) is 0 Å². The van der Waals surface area contributed by atoms with E-state index in [0.717, 1.165) is 17.9 Å². The lowest BCUT2D eigenvalue weighted by Gasteiger charge is -2.20. The first-order valence-electron chi connectivity index (χ1n) is 9.62. The average Bonchev–Trinajstić information content (AvgIpc) is 2.72. The van der Waals surface area contributed by atoms with Crippen molar-refractivity contribution in [2.75, 3.05) is 19.8 Å². The first kappa shape index (κ1) is 24.1. The Balaban J connectivity index is 0.00000320. The average molecular weight is 537 g/mol. The molecule has 0 bridgehead atoms. The Morgan fingerprint density at radius 2 is 1.67 bits per heavy atom. The minimum Gasteiger partial charge on any atom is -0.356 e. The van der Waals surface area contributed by atoms with E-state index in [1.807, 2.05) is 18.2 Å². The van der Waals surface area contributed by atoms with Crippen molar-refractivity contribution in [3.05, 3.63) is 77.9 Å². The molecule has 160 valence electrons. The van der Waals surface area contributed by atoms with Crippen molar-refractivity contribution in [2.24, 2.45) is 4.99 Å². The molecule has 3 rings (SSSR count). The smallest absolute Gasteiger partial charge is 0.191 e. The van der Waals surface area contributed by atoms with Crippen LogP contribution in [0.1, 0.15) is 24.1 Å². The number of aliphatic imine (C=N–C) groups is 1. The summed E-state index contributed by atoms with van der Waals surface area (Å²) in [7, 11) is -1.40. The maximum atomic E-state index is 11.6. The highest BCUT2D eigenvalue weighted by Gasteiger charge is 2.11. The Labute approximate surface area is 195 Å². The largest absolute Gasteiger partial charge is 0.356 e. The molecule has 5 nitrogen and oxygen atoms in total. The molecule has 0 saturated carbocycles. The predicted octanol–water partition coefficient (Wildman–Crippen LogP) is 4.33. The summed E-state index contributed by atoms with van der Waals surface area (Å²) in [6.07, 6.45) is 1.99. The molecule has 0 saturated heterocycles. The summed E-state index contributed by atoms with van der Waals surface area (Å²) < 4.78 is 23.1. The summed E-state index contributed by atoms with van der Waals surface area (Å²) in [5, 5.41) is 9.24. The number of rotatable bonds is 6. The van der Waals surface area contributed by atoms with Gasteiger partial charge in [-0.2, -0.15) is 0 Å². The van der Waals surface area contributed by atoms with Crippen LogP contribution in [0, 0.1) is 0 Å². The van der Waals surface area contributed by atoms with Crippen LogP contribution in [-0.4, -0.2) is 34.2 Å². The van der Waals surface area contributed by atoms with Gasteiger partial charge in [-0.05, 0) is 47.4 Å². The van der Waals surface area contributed by atoms with E-state index in [4.69, 9.17) is 0 Å². The second kappa shape index (κ2) is 10.8.